The molecule has 1 unspecified atom stereocenters. The lowest BCUT2D eigenvalue weighted by Gasteiger charge is -2.16. The fourth-order valence-electron chi connectivity index (χ4n) is 3.44. The first-order valence-electron chi connectivity index (χ1n) is 9.15. The van der Waals surface area contributed by atoms with E-state index in [1.807, 2.05) is 6.21 Å². The molecular formula is C17H23N7O4. The Morgan fingerprint density at radius 2 is 2.18 bits per heavy atom. The van der Waals surface area contributed by atoms with Crippen molar-refractivity contribution < 1.29 is 20.1 Å². The molecule has 1 fully saturated rings. The third-order valence-electron chi connectivity index (χ3n) is 5.00. The van der Waals surface area contributed by atoms with Crippen LogP contribution in [0.1, 0.15) is 25.5 Å². The van der Waals surface area contributed by atoms with E-state index in [4.69, 9.17) is 10.5 Å². The van der Waals surface area contributed by atoms with E-state index in [1.54, 1.807) is 0 Å². The number of nitrogens with two attached hydrogens (primary N) is 1. The second-order valence-corrected chi connectivity index (χ2v) is 6.92. The first-order chi connectivity index (χ1) is 13.6. The van der Waals surface area contributed by atoms with Gasteiger partial charge in [0.15, 0.2) is 17.7 Å². The summed E-state index contributed by atoms with van der Waals surface area (Å²) in [6.45, 7) is -0.420. The van der Waals surface area contributed by atoms with E-state index in [2.05, 4.69) is 37.6 Å². The highest BCUT2D eigenvalue weighted by molar-refractivity contribution is 5.83. The lowest BCUT2D eigenvalue weighted by atomic mass is 9.96. The number of aromatic nitrogens is 4. The van der Waals surface area contributed by atoms with Gasteiger partial charge in [-0.1, -0.05) is 12.2 Å². The van der Waals surface area contributed by atoms with Crippen molar-refractivity contribution >= 4 is 29.1 Å². The van der Waals surface area contributed by atoms with Crippen LogP contribution in [0.5, 0.6) is 0 Å². The second-order valence-electron chi connectivity index (χ2n) is 6.92. The first-order valence-corrected chi connectivity index (χ1v) is 9.15. The molecule has 1 aliphatic carbocycles. The van der Waals surface area contributed by atoms with Crippen LogP contribution in [0.3, 0.4) is 0 Å². The Morgan fingerprint density at radius 1 is 1.32 bits per heavy atom. The van der Waals surface area contributed by atoms with Gasteiger partial charge >= 0.3 is 0 Å². The smallest absolute Gasteiger partial charge is 0.247 e. The van der Waals surface area contributed by atoms with Crippen LogP contribution in [-0.4, -0.2) is 66.0 Å². The average Bonchev–Trinajstić information content (AvgIpc) is 3.24. The summed E-state index contributed by atoms with van der Waals surface area (Å²) in [5, 5.41) is 33.7. The minimum atomic E-state index is -1.25. The highest BCUT2D eigenvalue weighted by Crippen LogP contribution is 2.32. The molecule has 150 valence electrons. The summed E-state index contributed by atoms with van der Waals surface area (Å²) >= 11 is 0. The predicted molar refractivity (Wildman–Crippen MR) is 101 cm³/mol. The summed E-state index contributed by atoms with van der Waals surface area (Å²) in [5.74, 6) is 0.693. The molecule has 1 aliphatic heterocycles. The van der Waals surface area contributed by atoms with Gasteiger partial charge in [-0.05, 0) is 25.2 Å². The van der Waals surface area contributed by atoms with Crippen molar-refractivity contribution in [2.24, 2.45) is 11.0 Å². The molecule has 5 atom stereocenters. The van der Waals surface area contributed by atoms with Crippen molar-refractivity contribution in [1.29, 1.82) is 0 Å². The lowest BCUT2D eigenvalue weighted by molar-refractivity contribution is -0.0511. The van der Waals surface area contributed by atoms with Gasteiger partial charge in [-0.3, -0.25) is 4.57 Å². The van der Waals surface area contributed by atoms with Crippen molar-refractivity contribution in [3.05, 3.63) is 18.5 Å². The topological polar surface area (TPSA) is 164 Å². The van der Waals surface area contributed by atoms with Crippen molar-refractivity contribution in [3.8, 4) is 0 Å². The molecule has 1 saturated heterocycles. The van der Waals surface area contributed by atoms with E-state index in [1.165, 1.54) is 10.9 Å². The van der Waals surface area contributed by atoms with Crippen LogP contribution in [0.15, 0.2) is 23.6 Å². The van der Waals surface area contributed by atoms with Gasteiger partial charge < -0.3 is 25.8 Å². The van der Waals surface area contributed by atoms with Crippen molar-refractivity contribution in [2.75, 3.05) is 17.8 Å². The van der Waals surface area contributed by atoms with E-state index in [0.717, 1.165) is 19.3 Å². The van der Waals surface area contributed by atoms with Gasteiger partial charge in [-0.15, -0.1) is 0 Å². The summed E-state index contributed by atoms with van der Waals surface area (Å²) < 4.78 is 7.00. The molecule has 2 aromatic heterocycles. The summed E-state index contributed by atoms with van der Waals surface area (Å²) in [6, 6.07) is 0. The number of aliphatic hydroxyl groups excluding tert-OH is 3. The maximum Gasteiger partial charge on any atom is 0.247 e. The van der Waals surface area contributed by atoms with E-state index in [9.17, 15) is 15.3 Å². The highest BCUT2D eigenvalue weighted by atomic mass is 16.6. The number of anilines is 2. The number of aliphatic hydroxyl groups is 3. The average molecular weight is 389 g/mol. The van der Waals surface area contributed by atoms with Crippen LogP contribution < -0.4 is 11.2 Å². The second kappa shape index (κ2) is 7.80. The van der Waals surface area contributed by atoms with Gasteiger partial charge in [0.25, 0.3) is 0 Å². The molecule has 0 amide bonds. The fraction of sp³-hybridized carbons (Fsp3) is 0.529. The van der Waals surface area contributed by atoms with E-state index in [0.29, 0.717) is 17.1 Å². The number of hydrogen-bond donors (Lipinski definition) is 5. The normalized spacial score (nSPS) is 30.5. The van der Waals surface area contributed by atoms with Crippen LogP contribution in [0.4, 0.5) is 11.8 Å². The van der Waals surface area contributed by atoms with Gasteiger partial charge in [0.05, 0.1) is 12.9 Å². The largest absolute Gasteiger partial charge is 0.394 e. The lowest BCUT2D eigenvalue weighted by Crippen LogP contribution is -2.33. The van der Waals surface area contributed by atoms with Crippen LogP contribution in [0.25, 0.3) is 11.2 Å². The zero-order chi connectivity index (χ0) is 19.7. The minimum absolute atomic E-state index is 0.147. The number of imidazole rings is 1. The molecule has 11 nitrogen and oxygen atoms in total. The number of fused-ring (bicyclic) bond motifs is 1. The summed E-state index contributed by atoms with van der Waals surface area (Å²) in [4.78, 5) is 12.7. The minimum Gasteiger partial charge on any atom is -0.394 e. The van der Waals surface area contributed by atoms with E-state index in [-0.39, 0.29) is 11.8 Å². The van der Waals surface area contributed by atoms with Gasteiger partial charge in [-0.2, -0.15) is 15.1 Å². The number of allylic oxidation sites excluding steroid dienone is 2. The maximum atomic E-state index is 10.3. The van der Waals surface area contributed by atoms with Crippen LogP contribution in [0.2, 0.25) is 0 Å². The molecule has 11 heteroatoms. The number of nitrogens with zero attached hydrogens (tertiary/aromatic N) is 5. The van der Waals surface area contributed by atoms with Gasteiger partial charge in [0, 0.05) is 6.21 Å². The molecule has 28 heavy (non-hydrogen) atoms. The molecule has 0 bridgehead atoms. The number of nitrogen functional groups attached to an aromatic ring is 1. The van der Waals surface area contributed by atoms with E-state index >= 15 is 0 Å². The van der Waals surface area contributed by atoms with Gasteiger partial charge in [-0.25, -0.2) is 10.4 Å². The molecule has 3 heterocycles. The van der Waals surface area contributed by atoms with Crippen molar-refractivity contribution in [2.45, 2.75) is 43.8 Å². The Balaban J connectivity index is 1.58. The van der Waals surface area contributed by atoms with Gasteiger partial charge in [0.2, 0.25) is 5.95 Å². The Hall–Kier alpha value is -2.60. The maximum absolute atomic E-state index is 10.3. The molecular weight excluding hydrogens is 366 g/mol. The number of nitrogens with one attached hydrogen (secondary N) is 1. The number of hydrazone groups is 1. The quantitative estimate of drug-likeness (QED) is 0.264. The number of rotatable bonds is 5. The third-order valence-corrected chi connectivity index (χ3v) is 5.00. The van der Waals surface area contributed by atoms with Crippen molar-refractivity contribution in [1.82, 2.24) is 19.5 Å². The van der Waals surface area contributed by atoms with Gasteiger partial charge in [0.1, 0.15) is 23.8 Å². The molecule has 0 spiro atoms. The number of ether oxygens (including phenoxy) is 1. The van der Waals surface area contributed by atoms with Crippen LogP contribution in [-0.2, 0) is 4.74 Å². The third kappa shape index (κ3) is 3.44. The van der Waals surface area contributed by atoms with Crippen LogP contribution in [0, 0.1) is 5.92 Å². The zero-order valence-corrected chi connectivity index (χ0v) is 15.1. The monoisotopic (exact) mass is 389 g/mol. The molecule has 0 saturated carbocycles. The summed E-state index contributed by atoms with van der Waals surface area (Å²) in [6.07, 6.45) is 6.23. The Labute approximate surface area is 160 Å². The SMILES string of the molecule is Nc1nc(N/N=C/C2CC=CCC2)nc2c1ncn2[C@@H]1O[C@H](CO)[C@@H](O)[C@H]1O. The summed E-state index contributed by atoms with van der Waals surface area (Å²) in [7, 11) is 0. The Morgan fingerprint density at radius 3 is 2.89 bits per heavy atom. The number of hydrogen-bond acceptors (Lipinski definition) is 10. The fourth-order valence-corrected chi connectivity index (χ4v) is 3.44. The Bertz CT molecular complexity index is 899. The zero-order valence-electron chi connectivity index (χ0n) is 15.1. The predicted octanol–water partition coefficient (Wildman–Crippen LogP) is -0.226. The molecule has 2 aromatic rings. The van der Waals surface area contributed by atoms with E-state index < -0.39 is 31.1 Å². The standard InChI is InChI=1S/C17H23N7O4/c18-14-11-15(22-17(21-14)23-20-6-9-4-2-1-3-5-9)24(8-19-11)16-13(27)12(26)10(7-25)28-16/h1-2,6,8-10,12-13,16,25-27H,3-5,7H2,(H3,18,21,22,23)/b20-6+/t9?,10-,12-,13-,16-/m1/s1. The first kappa shape index (κ1) is 18.7. The van der Waals surface area contributed by atoms with Crippen LogP contribution >= 0.6 is 0 Å². The molecule has 4 rings (SSSR count). The highest BCUT2D eigenvalue weighted by Gasteiger charge is 2.44. The Kier molecular flexibility index (Phi) is 5.22. The molecule has 6 N–H and O–H groups in total. The van der Waals surface area contributed by atoms with Crippen molar-refractivity contribution in [3.63, 3.8) is 0 Å². The summed E-state index contributed by atoms with van der Waals surface area (Å²) in [5.41, 5.74) is 9.42. The molecule has 0 aromatic carbocycles. The molecule has 2 aliphatic rings. The molecule has 0 radical (unpaired) electrons.